The quantitative estimate of drug-likeness (QED) is 0.624. The number of benzene rings is 1. The van der Waals surface area contributed by atoms with Crippen LogP contribution in [0.25, 0.3) is 0 Å². The number of aromatic nitrogens is 1. The molecule has 2 aromatic rings. The highest BCUT2D eigenvalue weighted by atomic mass is 32.1. The van der Waals surface area contributed by atoms with Crippen LogP contribution in [0.5, 0.6) is 5.75 Å². The molecule has 0 aliphatic heterocycles. The fourth-order valence-electron chi connectivity index (χ4n) is 3.36. The molecule has 0 radical (unpaired) electrons. The van der Waals surface area contributed by atoms with Crippen molar-refractivity contribution in [3.63, 3.8) is 0 Å². The second kappa shape index (κ2) is 8.91. The van der Waals surface area contributed by atoms with Crippen molar-refractivity contribution in [2.24, 2.45) is 5.73 Å². The van der Waals surface area contributed by atoms with Crippen LogP contribution in [0.4, 0.5) is 11.4 Å². The Hall–Kier alpha value is -3.14. The Morgan fingerprint density at radius 3 is 2.59 bits per heavy atom. The van der Waals surface area contributed by atoms with E-state index in [2.05, 4.69) is 9.69 Å². The molecule has 154 valence electrons. The van der Waals surface area contributed by atoms with E-state index in [-0.39, 0.29) is 34.8 Å². The summed E-state index contributed by atoms with van der Waals surface area (Å²) in [6.07, 6.45) is 4.01. The molecule has 0 bridgehead atoms. The van der Waals surface area contributed by atoms with Crippen molar-refractivity contribution >= 4 is 40.6 Å². The lowest BCUT2D eigenvalue weighted by Crippen LogP contribution is -2.43. The lowest BCUT2D eigenvalue weighted by molar-refractivity contribution is -0.120. The minimum Gasteiger partial charge on any atom is -0.495 e. The second-order valence-corrected chi connectivity index (χ2v) is 7.52. The summed E-state index contributed by atoms with van der Waals surface area (Å²) in [6.45, 7) is -0.223. The number of nitrogens with zero attached hydrogens (tertiary/aromatic N) is 2. The number of hydrogen-bond donors (Lipinski definition) is 3. The van der Waals surface area contributed by atoms with Crippen LogP contribution in [0, 0.1) is 0 Å². The number of hydrogen-bond acceptors (Lipinski definition) is 7. The lowest BCUT2D eigenvalue weighted by atomic mass is 10.2. The number of para-hydroxylation sites is 2. The molecule has 3 rings (SSSR count). The molecule has 3 amide bonds. The third-order valence-electron chi connectivity index (χ3n) is 4.80. The first kappa shape index (κ1) is 20.6. The van der Waals surface area contributed by atoms with Gasteiger partial charge in [0.25, 0.3) is 11.8 Å². The lowest BCUT2D eigenvalue weighted by Gasteiger charge is -2.24. The first-order valence-corrected chi connectivity index (χ1v) is 9.99. The molecule has 1 heterocycles. The van der Waals surface area contributed by atoms with E-state index < -0.39 is 11.8 Å². The van der Waals surface area contributed by atoms with Crippen LogP contribution in [0.3, 0.4) is 0 Å². The zero-order valence-electron chi connectivity index (χ0n) is 16.0. The Labute approximate surface area is 172 Å². The van der Waals surface area contributed by atoms with Gasteiger partial charge in [-0.05, 0) is 36.5 Å². The van der Waals surface area contributed by atoms with Crippen molar-refractivity contribution in [1.29, 1.82) is 0 Å². The Balaban J connectivity index is 1.92. The fraction of sp³-hybridized carbons (Fsp3) is 0.368. The van der Waals surface area contributed by atoms with E-state index in [0.717, 1.165) is 37.2 Å². The van der Waals surface area contributed by atoms with Gasteiger partial charge in [-0.15, -0.1) is 0 Å². The summed E-state index contributed by atoms with van der Waals surface area (Å²) in [5.74, 6) is -1.23. The Morgan fingerprint density at radius 2 is 1.97 bits per heavy atom. The average Bonchev–Trinajstić information content (AvgIpc) is 3.35. The molecule has 9 nitrogen and oxygen atoms in total. The van der Waals surface area contributed by atoms with Crippen LogP contribution in [0.15, 0.2) is 24.3 Å². The molecule has 1 aromatic carbocycles. The largest absolute Gasteiger partial charge is 0.495 e. The number of amides is 3. The summed E-state index contributed by atoms with van der Waals surface area (Å²) in [5, 5.41) is 2.97. The van der Waals surface area contributed by atoms with Gasteiger partial charge in [-0.3, -0.25) is 19.3 Å². The van der Waals surface area contributed by atoms with E-state index in [4.69, 9.17) is 16.2 Å². The number of carbonyl (C=O) groups is 3. The van der Waals surface area contributed by atoms with Crippen LogP contribution in [-0.4, -0.2) is 41.8 Å². The number of nitrogen functional groups attached to an aromatic ring is 1. The number of methoxy groups -OCH3 is 1. The van der Waals surface area contributed by atoms with Gasteiger partial charge in [0.1, 0.15) is 17.2 Å². The predicted molar refractivity (Wildman–Crippen MR) is 110 cm³/mol. The SMILES string of the molecule is COc1ccccc1N(CC(=O)NC1CCCC1)C(=O)c1snc(C(N)=O)c1N. The van der Waals surface area contributed by atoms with E-state index in [1.54, 1.807) is 24.3 Å². The minimum atomic E-state index is -0.819. The van der Waals surface area contributed by atoms with Crippen LogP contribution < -0.4 is 26.4 Å². The van der Waals surface area contributed by atoms with Crippen molar-refractivity contribution in [3.05, 3.63) is 34.8 Å². The van der Waals surface area contributed by atoms with Crippen molar-refractivity contribution in [1.82, 2.24) is 9.69 Å². The summed E-state index contributed by atoms with van der Waals surface area (Å²) in [5.41, 5.74) is 11.3. The van der Waals surface area contributed by atoms with Crippen LogP contribution in [-0.2, 0) is 4.79 Å². The van der Waals surface area contributed by atoms with Gasteiger partial charge in [0, 0.05) is 6.04 Å². The van der Waals surface area contributed by atoms with Gasteiger partial charge < -0.3 is 21.5 Å². The third-order valence-corrected chi connectivity index (χ3v) is 5.65. The number of nitrogens with one attached hydrogen (secondary N) is 1. The van der Waals surface area contributed by atoms with Gasteiger partial charge in [0.15, 0.2) is 5.69 Å². The monoisotopic (exact) mass is 417 g/mol. The van der Waals surface area contributed by atoms with Gasteiger partial charge in [-0.25, -0.2) is 0 Å². The van der Waals surface area contributed by atoms with E-state index in [1.807, 2.05) is 0 Å². The van der Waals surface area contributed by atoms with Gasteiger partial charge in [0.2, 0.25) is 5.91 Å². The normalized spacial score (nSPS) is 13.8. The van der Waals surface area contributed by atoms with Crippen LogP contribution >= 0.6 is 11.5 Å². The number of carbonyl (C=O) groups excluding carboxylic acids is 3. The molecule has 10 heteroatoms. The van der Waals surface area contributed by atoms with Crippen molar-refractivity contribution in [2.75, 3.05) is 24.3 Å². The van der Waals surface area contributed by atoms with E-state index in [9.17, 15) is 14.4 Å². The molecule has 0 atom stereocenters. The zero-order valence-corrected chi connectivity index (χ0v) is 16.8. The molecule has 1 aliphatic rings. The Bertz CT molecular complexity index is 923. The number of ether oxygens (including phenoxy) is 1. The number of rotatable bonds is 7. The molecule has 0 saturated heterocycles. The minimum absolute atomic E-state index is 0.0402. The summed E-state index contributed by atoms with van der Waals surface area (Å²) < 4.78 is 9.24. The second-order valence-electron chi connectivity index (χ2n) is 6.75. The molecule has 5 N–H and O–H groups in total. The maximum atomic E-state index is 13.3. The first-order chi connectivity index (χ1) is 13.9. The first-order valence-electron chi connectivity index (χ1n) is 9.21. The van der Waals surface area contributed by atoms with Gasteiger partial charge >= 0.3 is 0 Å². The Kier molecular flexibility index (Phi) is 6.32. The van der Waals surface area contributed by atoms with Gasteiger partial charge in [0.05, 0.1) is 18.5 Å². The molecule has 1 aliphatic carbocycles. The maximum absolute atomic E-state index is 13.3. The fourth-order valence-corrected chi connectivity index (χ4v) is 4.11. The summed E-state index contributed by atoms with van der Waals surface area (Å²) >= 11 is 0.769. The highest BCUT2D eigenvalue weighted by Crippen LogP contribution is 2.31. The van der Waals surface area contributed by atoms with Crippen LogP contribution in [0.2, 0.25) is 0 Å². The van der Waals surface area contributed by atoms with Crippen molar-refractivity contribution in [3.8, 4) is 5.75 Å². The maximum Gasteiger partial charge on any atom is 0.272 e. The van der Waals surface area contributed by atoms with E-state index in [0.29, 0.717) is 11.4 Å². The molecular formula is C19H23N5O4S. The van der Waals surface area contributed by atoms with Crippen molar-refractivity contribution in [2.45, 2.75) is 31.7 Å². The topological polar surface area (TPSA) is 141 Å². The summed E-state index contributed by atoms with van der Waals surface area (Å²) in [4.78, 5) is 38.7. The van der Waals surface area contributed by atoms with E-state index in [1.165, 1.54) is 12.0 Å². The summed E-state index contributed by atoms with van der Waals surface area (Å²) in [6, 6.07) is 6.97. The van der Waals surface area contributed by atoms with E-state index >= 15 is 0 Å². The molecule has 29 heavy (non-hydrogen) atoms. The highest BCUT2D eigenvalue weighted by molar-refractivity contribution is 7.09. The van der Waals surface area contributed by atoms with Crippen molar-refractivity contribution < 1.29 is 19.1 Å². The number of primary amides is 1. The summed E-state index contributed by atoms with van der Waals surface area (Å²) in [7, 11) is 1.48. The Morgan fingerprint density at radius 1 is 1.28 bits per heavy atom. The molecular weight excluding hydrogens is 394 g/mol. The molecule has 1 aromatic heterocycles. The molecule has 1 saturated carbocycles. The number of nitrogens with two attached hydrogens (primary N) is 2. The molecule has 0 spiro atoms. The van der Waals surface area contributed by atoms with Gasteiger partial charge in [-0.1, -0.05) is 25.0 Å². The van der Waals surface area contributed by atoms with Crippen LogP contribution in [0.1, 0.15) is 45.8 Å². The molecule has 1 fully saturated rings. The highest BCUT2D eigenvalue weighted by Gasteiger charge is 2.29. The number of anilines is 2. The standard InChI is InChI=1S/C19H23N5O4S/c1-28-13-9-5-4-8-12(13)24(10-14(25)22-11-6-2-3-7-11)19(27)17-15(20)16(18(21)26)23-29-17/h4-5,8-9,11H,2-3,6-7,10,20H2,1H3,(H2,21,26)(H,22,25). The van der Waals surface area contributed by atoms with Gasteiger partial charge in [-0.2, -0.15) is 4.37 Å². The predicted octanol–water partition coefficient (Wildman–Crippen LogP) is 1.54. The molecule has 0 unspecified atom stereocenters. The third kappa shape index (κ3) is 4.48. The average molecular weight is 417 g/mol. The smallest absolute Gasteiger partial charge is 0.272 e. The zero-order chi connectivity index (χ0) is 21.0.